The Morgan fingerprint density at radius 3 is 2.70 bits per heavy atom. The molecule has 106 valence electrons. The van der Waals surface area contributed by atoms with Gasteiger partial charge in [0.2, 0.25) is 11.8 Å². The zero-order valence-electron chi connectivity index (χ0n) is 10.7. The second-order valence-corrected chi connectivity index (χ2v) is 5.70. The summed E-state index contributed by atoms with van der Waals surface area (Å²) in [7, 11) is 0. The Morgan fingerprint density at radius 1 is 1.45 bits per heavy atom. The van der Waals surface area contributed by atoms with E-state index in [1.54, 1.807) is 0 Å². The van der Waals surface area contributed by atoms with Crippen molar-refractivity contribution < 1.29 is 24.6 Å². The quantitative estimate of drug-likeness (QED) is 0.817. The number of carbonyl (C=O) groups excluding carboxylic acids is 2. The lowest BCUT2D eigenvalue weighted by atomic mass is 10.1. The Morgan fingerprint density at radius 2 is 2.15 bits per heavy atom. The molecule has 0 spiro atoms. The van der Waals surface area contributed by atoms with Crippen LogP contribution >= 0.6 is 11.8 Å². The van der Waals surface area contributed by atoms with Crippen LogP contribution in [0.5, 0.6) is 5.75 Å². The van der Waals surface area contributed by atoms with Crippen molar-refractivity contribution in [3.8, 4) is 5.75 Å². The van der Waals surface area contributed by atoms with E-state index in [0.717, 1.165) is 16.7 Å². The third-order valence-electron chi connectivity index (χ3n) is 2.94. The van der Waals surface area contributed by atoms with Crippen LogP contribution in [-0.4, -0.2) is 39.0 Å². The number of amides is 2. The van der Waals surface area contributed by atoms with E-state index in [1.807, 2.05) is 6.92 Å². The molecule has 1 atom stereocenters. The summed E-state index contributed by atoms with van der Waals surface area (Å²) in [5, 5.41) is 18.0. The van der Waals surface area contributed by atoms with Gasteiger partial charge in [0.15, 0.2) is 0 Å². The molecular formula is C13H13NO5S. The van der Waals surface area contributed by atoms with Gasteiger partial charge in [0, 0.05) is 12.5 Å². The average Bonchev–Trinajstić information content (AvgIpc) is 2.64. The molecule has 1 aliphatic rings. The fourth-order valence-electron chi connectivity index (χ4n) is 2.05. The number of phenols is 1. The Hall–Kier alpha value is -2.02. The Bertz CT molecular complexity index is 586. The summed E-state index contributed by atoms with van der Waals surface area (Å²) in [6.07, 6.45) is 0.124. The fourth-order valence-corrected chi connectivity index (χ4v) is 2.96. The Kier molecular flexibility index (Phi) is 3.99. The largest absolute Gasteiger partial charge is 0.507 e. The molecule has 1 aromatic rings. The third-order valence-corrected chi connectivity index (χ3v) is 4.05. The molecule has 0 aliphatic carbocycles. The van der Waals surface area contributed by atoms with Crippen LogP contribution < -0.4 is 4.90 Å². The minimum atomic E-state index is -1.27. The molecule has 0 aromatic heterocycles. The van der Waals surface area contributed by atoms with E-state index in [2.05, 4.69) is 0 Å². The monoisotopic (exact) mass is 295 g/mol. The number of aromatic hydroxyl groups is 1. The average molecular weight is 295 g/mol. The molecular weight excluding hydrogens is 282 g/mol. The standard InChI is InChI=1S/C13H13NO5S/c1-2-20-10-6-11(16)14(12(10)17)7-3-4-8(13(18)19)9(15)5-7/h3-5,10,15H,2,6H2,1H3,(H,18,19). The van der Waals surface area contributed by atoms with Gasteiger partial charge in [-0.15, -0.1) is 11.8 Å². The topological polar surface area (TPSA) is 94.9 Å². The predicted octanol–water partition coefficient (Wildman–Crippen LogP) is 1.48. The summed E-state index contributed by atoms with van der Waals surface area (Å²) in [5.41, 5.74) is -0.0750. The highest BCUT2D eigenvalue weighted by molar-refractivity contribution is 8.00. The molecule has 1 fully saturated rings. The van der Waals surface area contributed by atoms with Crippen LogP contribution in [0.2, 0.25) is 0 Å². The van der Waals surface area contributed by atoms with E-state index >= 15 is 0 Å². The van der Waals surface area contributed by atoms with Crippen LogP contribution in [0.1, 0.15) is 23.7 Å². The molecule has 1 aromatic carbocycles. The highest BCUT2D eigenvalue weighted by Crippen LogP contribution is 2.32. The molecule has 1 unspecified atom stereocenters. The summed E-state index contributed by atoms with van der Waals surface area (Å²) in [6.45, 7) is 1.90. The molecule has 0 radical (unpaired) electrons. The molecule has 6 nitrogen and oxygen atoms in total. The van der Waals surface area contributed by atoms with Gasteiger partial charge < -0.3 is 10.2 Å². The van der Waals surface area contributed by atoms with Crippen LogP contribution in [0.25, 0.3) is 0 Å². The maximum absolute atomic E-state index is 12.1. The van der Waals surface area contributed by atoms with Crippen LogP contribution in [0.15, 0.2) is 18.2 Å². The number of imide groups is 1. The molecule has 0 bridgehead atoms. The van der Waals surface area contributed by atoms with Crippen LogP contribution in [0.3, 0.4) is 0 Å². The van der Waals surface area contributed by atoms with Gasteiger partial charge in [-0.05, 0) is 17.9 Å². The first-order valence-electron chi connectivity index (χ1n) is 6.00. The summed E-state index contributed by atoms with van der Waals surface area (Å²) < 4.78 is 0. The molecule has 7 heteroatoms. The predicted molar refractivity (Wildman–Crippen MR) is 74.1 cm³/mol. The lowest BCUT2D eigenvalue weighted by Gasteiger charge is -2.15. The smallest absolute Gasteiger partial charge is 0.339 e. The van der Waals surface area contributed by atoms with Gasteiger partial charge in [0.1, 0.15) is 11.3 Å². The molecule has 1 aliphatic heterocycles. The van der Waals surface area contributed by atoms with Crippen molar-refractivity contribution in [2.75, 3.05) is 10.7 Å². The van der Waals surface area contributed by atoms with Crippen LogP contribution in [0.4, 0.5) is 5.69 Å². The van der Waals surface area contributed by atoms with Crippen molar-refractivity contribution in [2.45, 2.75) is 18.6 Å². The van der Waals surface area contributed by atoms with Crippen molar-refractivity contribution in [3.05, 3.63) is 23.8 Å². The van der Waals surface area contributed by atoms with E-state index in [4.69, 9.17) is 5.11 Å². The van der Waals surface area contributed by atoms with Gasteiger partial charge in [0.05, 0.1) is 10.9 Å². The highest BCUT2D eigenvalue weighted by Gasteiger charge is 2.39. The molecule has 20 heavy (non-hydrogen) atoms. The van der Waals surface area contributed by atoms with Crippen molar-refractivity contribution in [1.82, 2.24) is 0 Å². The number of thioether (sulfide) groups is 1. The van der Waals surface area contributed by atoms with E-state index in [1.165, 1.54) is 23.9 Å². The second kappa shape index (κ2) is 5.54. The van der Waals surface area contributed by atoms with E-state index < -0.39 is 17.0 Å². The molecule has 2 amide bonds. The van der Waals surface area contributed by atoms with Gasteiger partial charge in [-0.3, -0.25) is 9.59 Å². The van der Waals surface area contributed by atoms with Gasteiger partial charge in [-0.2, -0.15) is 0 Å². The van der Waals surface area contributed by atoms with Crippen LogP contribution in [-0.2, 0) is 9.59 Å². The molecule has 1 heterocycles. The normalized spacial score (nSPS) is 18.6. The highest BCUT2D eigenvalue weighted by atomic mass is 32.2. The lowest BCUT2D eigenvalue weighted by Crippen LogP contribution is -2.31. The number of benzene rings is 1. The Balaban J connectivity index is 2.32. The third kappa shape index (κ3) is 2.49. The zero-order valence-corrected chi connectivity index (χ0v) is 11.5. The van der Waals surface area contributed by atoms with Gasteiger partial charge >= 0.3 is 5.97 Å². The van der Waals surface area contributed by atoms with Gasteiger partial charge in [0.25, 0.3) is 0 Å². The van der Waals surface area contributed by atoms with Crippen molar-refractivity contribution in [2.24, 2.45) is 0 Å². The van der Waals surface area contributed by atoms with Crippen LogP contribution in [0, 0.1) is 0 Å². The first-order valence-corrected chi connectivity index (χ1v) is 7.05. The van der Waals surface area contributed by atoms with E-state index in [9.17, 15) is 19.5 Å². The maximum Gasteiger partial charge on any atom is 0.339 e. The first kappa shape index (κ1) is 14.4. The molecule has 2 rings (SSSR count). The SMILES string of the molecule is CCSC1CC(=O)N(c2ccc(C(=O)O)c(O)c2)C1=O. The van der Waals surface area contributed by atoms with Gasteiger partial charge in [-0.1, -0.05) is 6.92 Å². The number of carboxylic acids is 1. The number of nitrogens with zero attached hydrogens (tertiary/aromatic N) is 1. The number of hydrogen-bond donors (Lipinski definition) is 2. The zero-order chi connectivity index (χ0) is 14.9. The number of hydrogen-bond acceptors (Lipinski definition) is 5. The van der Waals surface area contributed by atoms with Crippen molar-refractivity contribution in [3.63, 3.8) is 0 Å². The number of rotatable bonds is 4. The van der Waals surface area contributed by atoms with Gasteiger partial charge in [-0.25, -0.2) is 9.69 Å². The summed E-state index contributed by atoms with van der Waals surface area (Å²) in [6, 6.07) is 3.64. The first-order chi connectivity index (χ1) is 9.45. The summed E-state index contributed by atoms with van der Waals surface area (Å²) in [5.74, 6) is -1.69. The molecule has 0 saturated carbocycles. The van der Waals surface area contributed by atoms with E-state index in [0.29, 0.717) is 0 Å². The summed E-state index contributed by atoms with van der Waals surface area (Å²) in [4.78, 5) is 35.8. The minimum absolute atomic E-state index is 0.124. The number of carboxylic acid groups (broad SMARTS) is 1. The number of anilines is 1. The lowest BCUT2D eigenvalue weighted by molar-refractivity contribution is -0.121. The molecule has 1 saturated heterocycles. The minimum Gasteiger partial charge on any atom is -0.507 e. The number of carbonyl (C=O) groups is 3. The van der Waals surface area contributed by atoms with Crippen molar-refractivity contribution in [1.29, 1.82) is 0 Å². The number of aromatic carboxylic acids is 1. The van der Waals surface area contributed by atoms with E-state index in [-0.39, 0.29) is 29.5 Å². The second-order valence-electron chi connectivity index (χ2n) is 4.22. The summed E-state index contributed by atoms with van der Waals surface area (Å²) >= 11 is 1.39. The molecule has 2 N–H and O–H groups in total. The maximum atomic E-state index is 12.1. The van der Waals surface area contributed by atoms with Crippen molar-refractivity contribution >= 4 is 35.2 Å². The Labute approximate surface area is 119 Å². The fraction of sp³-hybridized carbons (Fsp3) is 0.308.